The van der Waals surface area contributed by atoms with Crippen molar-refractivity contribution < 1.29 is 103 Å². The minimum absolute atomic E-state index is 0. The second-order valence-corrected chi connectivity index (χ2v) is 2.30. The zero-order valence-corrected chi connectivity index (χ0v) is 13.7. The molecule has 0 N–H and O–H groups in total. The van der Waals surface area contributed by atoms with E-state index in [0.717, 1.165) is 0 Å². The fraction of sp³-hybridized carbons (Fsp3) is 0.750. The van der Waals surface area contributed by atoms with Gasteiger partial charge in [0.25, 0.3) is 0 Å². The number of unbranched alkanes of at least 4 members (excludes halogenated alkanes) is 1. The van der Waals surface area contributed by atoms with Gasteiger partial charge in [0.15, 0.2) is 0 Å². The molecule has 0 aliphatic rings. The molecule has 0 heterocycles. The largest absolute Gasteiger partial charge is 1.00 e. The molecule has 0 rings (SSSR count). The van der Waals surface area contributed by atoms with Gasteiger partial charge < -0.3 is 58.2 Å². The predicted molar refractivity (Wildman–Crippen MR) is 50.8 cm³/mol. The first-order chi connectivity index (χ1) is 7.91. The van der Waals surface area contributed by atoms with Crippen LogP contribution in [0.5, 0.6) is 0 Å². The molecule has 122 valence electrons. The molecule has 0 unspecified atom stereocenters. The Morgan fingerprint density at radius 3 is 0.650 bits per heavy atom. The summed E-state index contributed by atoms with van der Waals surface area (Å²) in [5.74, 6) is 0. The Bertz CT molecular complexity index is 126. The molecule has 0 saturated carbocycles. The van der Waals surface area contributed by atoms with Crippen LogP contribution < -0.4 is 51.4 Å². The molecular formula is C4H9B3F12K-3. The van der Waals surface area contributed by atoms with Crippen molar-refractivity contribution in [2.45, 2.75) is 20.3 Å². The van der Waals surface area contributed by atoms with E-state index in [4.69, 9.17) is 0 Å². The Labute approximate surface area is 150 Å². The van der Waals surface area contributed by atoms with Crippen molar-refractivity contribution in [1.82, 2.24) is 0 Å². The molecule has 0 nitrogen and oxygen atoms in total. The maximum Gasteiger partial charge on any atom is 1.00 e. The van der Waals surface area contributed by atoms with Crippen LogP contribution in [0.4, 0.5) is 51.8 Å². The second-order valence-electron chi connectivity index (χ2n) is 2.30. The molecule has 0 bridgehead atoms. The van der Waals surface area contributed by atoms with E-state index in [-0.39, 0.29) is 51.4 Å². The molecule has 0 aromatic rings. The van der Waals surface area contributed by atoms with E-state index in [1.165, 1.54) is 6.42 Å². The first-order valence-electron chi connectivity index (χ1n) is 4.31. The molecule has 0 fully saturated rings. The van der Waals surface area contributed by atoms with Crippen molar-refractivity contribution in [3.05, 3.63) is 6.42 Å². The zero-order chi connectivity index (χ0) is 16.9. The van der Waals surface area contributed by atoms with E-state index in [0.29, 0.717) is 0 Å². The third-order valence-electron chi connectivity index (χ3n) is 0.408. The number of rotatable bonds is 1. The van der Waals surface area contributed by atoms with Gasteiger partial charge in [0.1, 0.15) is 0 Å². The van der Waals surface area contributed by atoms with Gasteiger partial charge in [-0.15, -0.1) is 0 Å². The van der Waals surface area contributed by atoms with Crippen molar-refractivity contribution in [1.29, 1.82) is 0 Å². The van der Waals surface area contributed by atoms with Gasteiger partial charge in [0.2, 0.25) is 0 Å². The summed E-state index contributed by atoms with van der Waals surface area (Å²) < 4.78 is 117. The summed E-state index contributed by atoms with van der Waals surface area (Å²) in [5.41, 5.74) is 0. The molecule has 0 aliphatic heterocycles. The normalized spacial score (nSPS) is 10.5. The van der Waals surface area contributed by atoms with E-state index in [1.807, 2.05) is 0 Å². The standard InChI is InChI=1S/C4H9.3BF4.K/c1-3-4-2;3*2-1(3,4)5;/h3H,4H2,1-2H3;;;;/q4*-1;+1. The van der Waals surface area contributed by atoms with Crippen LogP contribution in [-0.4, -0.2) is 21.8 Å². The topological polar surface area (TPSA) is 0 Å². The van der Waals surface area contributed by atoms with Crippen molar-refractivity contribution in [3.63, 3.8) is 0 Å². The van der Waals surface area contributed by atoms with Gasteiger partial charge in [0.05, 0.1) is 0 Å². The minimum atomic E-state index is -6.00. The van der Waals surface area contributed by atoms with E-state index in [2.05, 4.69) is 20.3 Å². The van der Waals surface area contributed by atoms with Crippen LogP contribution in [0.15, 0.2) is 0 Å². The summed E-state index contributed by atoms with van der Waals surface area (Å²) in [6.07, 6.45) is 3.32. The number of hydrogen-bond acceptors (Lipinski definition) is 0. The van der Waals surface area contributed by atoms with Crippen LogP contribution in [0.1, 0.15) is 20.3 Å². The Morgan fingerprint density at radius 2 is 0.650 bits per heavy atom. The average Bonchev–Trinajstić information content (AvgIpc) is 1.93. The maximum atomic E-state index is 9.75. The molecule has 0 radical (unpaired) electrons. The molecule has 0 atom stereocenters. The minimum Gasteiger partial charge on any atom is -0.418 e. The molecule has 0 aliphatic carbocycles. The molecular weight excluding hydrogens is 348 g/mol. The van der Waals surface area contributed by atoms with Crippen LogP contribution in [0.2, 0.25) is 0 Å². The Balaban J connectivity index is -0.0000000494. The quantitative estimate of drug-likeness (QED) is 0.385. The van der Waals surface area contributed by atoms with Crippen molar-refractivity contribution in [2.75, 3.05) is 0 Å². The van der Waals surface area contributed by atoms with Gasteiger partial charge in [-0.2, -0.15) is 13.3 Å². The third-order valence-corrected chi connectivity index (χ3v) is 0.408. The van der Waals surface area contributed by atoms with Crippen molar-refractivity contribution >= 4 is 21.8 Å². The summed E-state index contributed by atoms with van der Waals surface area (Å²) in [4.78, 5) is 0. The summed E-state index contributed by atoms with van der Waals surface area (Å²) in [5, 5.41) is 0. The fourth-order valence-electron chi connectivity index (χ4n) is 0. The fourth-order valence-corrected chi connectivity index (χ4v) is 0. The Morgan fingerprint density at radius 1 is 0.600 bits per heavy atom. The van der Waals surface area contributed by atoms with Crippen LogP contribution in [-0.2, 0) is 0 Å². The third kappa shape index (κ3) is 1550. The molecule has 0 spiro atoms. The Hall–Kier alpha value is 0.991. The monoisotopic (exact) mass is 357 g/mol. The van der Waals surface area contributed by atoms with Gasteiger partial charge in [-0.05, 0) is 0 Å². The van der Waals surface area contributed by atoms with E-state index >= 15 is 0 Å². The smallest absolute Gasteiger partial charge is 0.418 e. The van der Waals surface area contributed by atoms with Crippen LogP contribution in [0, 0.1) is 6.42 Å². The second kappa shape index (κ2) is 16.4. The van der Waals surface area contributed by atoms with E-state index in [1.54, 1.807) is 0 Å². The Kier molecular flexibility index (Phi) is 26.8. The summed E-state index contributed by atoms with van der Waals surface area (Å²) in [7, 11) is -18.0. The predicted octanol–water partition coefficient (Wildman–Crippen LogP) is 2.52. The van der Waals surface area contributed by atoms with Gasteiger partial charge in [-0.3, -0.25) is 0 Å². The van der Waals surface area contributed by atoms with Gasteiger partial charge in [-0.1, -0.05) is 6.92 Å². The summed E-state index contributed by atoms with van der Waals surface area (Å²) in [6.45, 7) is 4.18. The summed E-state index contributed by atoms with van der Waals surface area (Å²) >= 11 is 0. The average molecular weight is 357 g/mol. The van der Waals surface area contributed by atoms with Crippen LogP contribution in [0.25, 0.3) is 0 Å². The summed E-state index contributed by atoms with van der Waals surface area (Å²) in [6, 6.07) is 0. The van der Waals surface area contributed by atoms with Gasteiger partial charge in [-0.25, -0.2) is 0 Å². The number of halogens is 12. The van der Waals surface area contributed by atoms with Crippen molar-refractivity contribution in [3.8, 4) is 0 Å². The van der Waals surface area contributed by atoms with E-state index < -0.39 is 21.8 Å². The van der Waals surface area contributed by atoms with Gasteiger partial charge in [0, 0.05) is 0 Å². The van der Waals surface area contributed by atoms with Crippen LogP contribution in [0.3, 0.4) is 0 Å². The van der Waals surface area contributed by atoms with Crippen LogP contribution >= 0.6 is 0 Å². The molecule has 16 heteroatoms. The van der Waals surface area contributed by atoms with E-state index in [9.17, 15) is 51.8 Å². The molecule has 20 heavy (non-hydrogen) atoms. The maximum absolute atomic E-state index is 9.75. The molecule has 0 aromatic heterocycles. The zero-order valence-electron chi connectivity index (χ0n) is 10.6. The van der Waals surface area contributed by atoms with Gasteiger partial charge >= 0.3 is 73.1 Å². The first-order valence-corrected chi connectivity index (χ1v) is 4.31. The molecule has 0 amide bonds. The number of hydrogen-bond donors (Lipinski definition) is 0. The SMILES string of the molecule is C[CH-]CC.F[B-](F)(F)F.F[B-](F)(F)F.F[B-](F)(F)F.[K+]. The molecule has 0 saturated heterocycles. The molecule has 0 aromatic carbocycles. The van der Waals surface area contributed by atoms with Crippen molar-refractivity contribution in [2.24, 2.45) is 0 Å². The first kappa shape index (κ1) is 32.8.